The number of hydrogen-bond acceptors (Lipinski definition) is 8. The molecule has 0 aliphatic heterocycles. The molecule has 0 saturated heterocycles. The van der Waals surface area contributed by atoms with Crippen molar-refractivity contribution in [3.63, 3.8) is 0 Å². The molecule has 34 heavy (non-hydrogen) atoms. The van der Waals surface area contributed by atoms with E-state index < -0.39 is 14.9 Å². The van der Waals surface area contributed by atoms with Crippen molar-refractivity contribution in [3.8, 4) is 17.2 Å². The lowest BCUT2D eigenvalue weighted by Gasteiger charge is -2.15. The van der Waals surface area contributed by atoms with Gasteiger partial charge in [0.1, 0.15) is 28.8 Å². The highest BCUT2D eigenvalue weighted by atomic mass is 79.9. The summed E-state index contributed by atoms with van der Waals surface area (Å²) in [4.78, 5) is 14.7. The smallest absolute Gasteiger partial charge is 0.273 e. The summed E-state index contributed by atoms with van der Waals surface area (Å²) in [6.45, 7) is -0.213. The fraction of sp³-hybridized carbons (Fsp3) is 0.136. The number of hydrogen-bond donors (Lipinski definition) is 0. The SMILES string of the molecule is COc1ccc(OC)c(S(=O)(=O)n2c(COc3ccc([N+](=O)[O-])cc3)nc3ccc(Br)cc32)c1. The van der Waals surface area contributed by atoms with Gasteiger partial charge in [0.2, 0.25) is 0 Å². The molecule has 0 spiro atoms. The normalized spacial score (nSPS) is 11.4. The van der Waals surface area contributed by atoms with Gasteiger partial charge in [-0.25, -0.2) is 17.4 Å². The molecule has 1 aromatic heterocycles. The van der Waals surface area contributed by atoms with E-state index in [1.165, 1.54) is 50.6 Å². The van der Waals surface area contributed by atoms with Crippen molar-refractivity contribution in [2.75, 3.05) is 14.2 Å². The maximum atomic E-state index is 13.9. The van der Waals surface area contributed by atoms with E-state index in [0.29, 0.717) is 27.0 Å². The molecular formula is C22H18BrN3O7S. The van der Waals surface area contributed by atoms with Crippen LogP contribution >= 0.6 is 15.9 Å². The molecule has 0 aliphatic rings. The second-order valence-electron chi connectivity index (χ2n) is 6.99. The van der Waals surface area contributed by atoms with Crippen molar-refractivity contribution < 1.29 is 27.6 Å². The molecule has 4 aromatic rings. The lowest BCUT2D eigenvalue weighted by Crippen LogP contribution is -2.18. The quantitative estimate of drug-likeness (QED) is 0.232. The lowest BCUT2D eigenvalue weighted by atomic mass is 10.3. The first-order chi connectivity index (χ1) is 16.2. The number of benzene rings is 3. The summed E-state index contributed by atoms with van der Waals surface area (Å²) >= 11 is 3.38. The number of nitro benzene ring substituents is 1. The van der Waals surface area contributed by atoms with E-state index >= 15 is 0 Å². The van der Waals surface area contributed by atoms with Crippen LogP contribution in [0.4, 0.5) is 5.69 Å². The van der Waals surface area contributed by atoms with Crippen molar-refractivity contribution in [2.24, 2.45) is 0 Å². The predicted molar refractivity (Wildman–Crippen MR) is 127 cm³/mol. The average molecular weight is 548 g/mol. The third-order valence-corrected chi connectivity index (χ3v) is 7.20. The topological polar surface area (TPSA) is 123 Å². The van der Waals surface area contributed by atoms with Gasteiger partial charge in [-0.15, -0.1) is 0 Å². The van der Waals surface area contributed by atoms with Gasteiger partial charge < -0.3 is 14.2 Å². The molecule has 1 heterocycles. The molecule has 0 unspecified atom stereocenters. The Labute approximate surface area is 203 Å². The highest BCUT2D eigenvalue weighted by Crippen LogP contribution is 2.33. The number of ether oxygens (including phenoxy) is 3. The Hall–Kier alpha value is -3.64. The maximum Gasteiger partial charge on any atom is 0.273 e. The molecule has 0 saturated carbocycles. The van der Waals surface area contributed by atoms with Gasteiger partial charge in [-0.2, -0.15) is 0 Å². The number of nitro groups is 1. The van der Waals surface area contributed by atoms with Crippen LogP contribution in [-0.2, 0) is 16.6 Å². The fourth-order valence-corrected chi connectivity index (χ4v) is 5.32. The summed E-state index contributed by atoms with van der Waals surface area (Å²) in [6.07, 6.45) is 0. The van der Waals surface area contributed by atoms with E-state index in [9.17, 15) is 18.5 Å². The van der Waals surface area contributed by atoms with Gasteiger partial charge in [-0.1, -0.05) is 15.9 Å². The summed E-state index contributed by atoms with van der Waals surface area (Å²) in [5, 5.41) is 10.9. The van der Waals surface area contributed by atoms with E-state index in [0.717, 1.165) is 3.97 Å². The highest BCUT2D eigenvalue weighted by molar-refractivity contribution is 9.10. The molecule has 12 heteroatoms. The second kappa shape index (κ2) is 9.31. The summed E-state index contributed by atoms with van der Waals surface area (Å²) in [7, 11) is -1.40. The first-order valence-corrected chi connectivity index (χ1v) is 12.0. The van der Waals surface area contributed by atoms with Gasteiger partial charge in [0.25, 0.3) is 15.7 Å². The number of halogens is 1. The molecule has 10 nitrogen and oxygen atoms in total. The van der Waals surface area contributed by atoms with Crippen molar-refractivity contribution >= 4 is 42.7 Å². The van der Waals surface area contributed by atoms with Crippen LogP contribution in [0.5, 0.6) is 17.2 Å². The summed E-state index contributed by atoms with van der Waals surface area (Å²) in [6, 6.07) is 15.0. The third kappa shape index (κ3) is 4.41. The molecule has 0 fully saturated rings. The number of rotatable bonds is 8. The zero-order chi connectivity index (χ0) is 24.5. The maximum absolute atomic E-state index is 13.9. The number of nitrogens with zero attached hydrogens (tertiary/aromatic N) is 3. The van der Waals surface area contributed by atoms with Crippen molar-refractivity contribution in [3.05, 3.63) is 81.1 Å². The van der Waals surface area contributed by atoms with E-state index in [1.54, 1.807) is 24.3 Å². The number of fused-ring (bicyclic) bond motifs is 1. The monoisotopic (exact) mass is 547 g/mol. The first-order valence-electron chi connectivity index (χ1n) is 9.76. The van der Waals surface area contributed by atoms with Gasteiger partial charge in [0.15, 0.2) is 5.82 Å². The molecular weight excluding hydrogens is 530 g/mol. The van der Waals surface area contributed by atoms with Crippen LogP contribution < -0.4 is 14.2 Å². The van der Waals surface area contributed by atoms with Crippen molar-refractivity contribution in [2.45, 2.75) is 11.5 Å². The summed E-state index contributed by atoms with van der Waals surface area (Å²) in [5.41, 5.74) is 0.689. The molecule has 4 rings (SSSR count). The van der Waals surface area contributed by atoms with E-state index in [2.05, 4.69) is 20.9 Å². The minimum Gasteiger partial charge on any atom is -0.497 e. The van der Waals surface area contributed by atoms with Crippen LogP contribution in [0.25, 0.3) is 11.0 Å². The largest absolute Gasteiger partial charge is 0.497 e. The minimum atomic E-state index is -4.21. The highest BCUT2D eigenvalue weighted by Gasteiger charge is 2.28. The van der Waals surface area contributed by atoms with E-state index in [-0.39, 0.29) is 28.8 Å². The Bertz CT molecular complexity index is 1480. The van der Waals surface area contributed by atoms with Gasteiger partial charge in [0.05, 0.1) is 30.2 Å². The molecule has 176 valence electrons. The Balaban J connectivity index is 1.82. The molecule has 0 atom stereocenters. The lowest BCUT2D eigenvalue weighted by molar-refractivity contribution is -0.384. The zero-order valence-electron chi connectivity index (χ0n) is 18.0. The summed E-state index contributed by atoms with van der Waals surface area (Å²) < 4.78 is 45.7. The second-order valence-corrected chi connectivity index (χ2v) is 9.66. The number of non-ortho nitro benzene ring substituents is 1. The van der Waals surface area contributed by atoms with Crippen LogP contribution in [0.1, 0.15) is 5.82 Å². The summed E-state index contributed by atoms with van der Waals surface area (Å²) in [5.74, 6) is 0.909. The molecule has 0 N–H and O–H groups in total. The Morgan fingerprint density at radius 1 is 1.00 bits per heavy atom. The average Bonchev–Trinajstić information content (AvgIpc) is 3.20. The van der Waals surface area contributed by atoms with Gasteiger partial charge >= 0.3 is 0 Å². The van der Waals surface area contributed by atoms with Gasteiger partial charge in [-0.05, 0) is 42.5 Å². The first kappa shape index (κ1) is 23.5. The van der Waals surface area contributed by atoms with Crippen LogP contribution in [0.2, 0.25) is 0 Å². The zero-order valence-corrected chi connectivity index (χ0v) is 20.4. The van der Waals surface area contributed by atoms with Crippen molar-refractivity contribution in [1.82, 2.24) is 8.96 Å². The van der Waals surface area contributed by atoms with E-state index in [1.807, 2.05) is 0 Å². The Morgan fingerprint density at radius 2 is 1.71 bits per heavy atom. The van der Waals surface area contributed by atoms with Crippen LogP contribution in [0.15, 0.2) is 70.0 Å². The minimum absolute atomic E-state index is 0.0860. The Morgan fingerprint density at radius 3 is 2.35 bits per heavy atom. The predicted octanol–water partition coefficient (Wildman–Crippen LogP) is 4.54. The van der Waals surface area contributed by atoms with Crippen LogP contribution in [-0.4, -0.2) is 36.5 Å². The van der Waals surface area contributed by atoms with Crippen molar-refractivity contribution in [1.29, 1.82) is 0 Å². The standard InChI is InChI=1S/C22H18BrN3O7S/c1-31-17-8-10-20(32-2)21(12-17)34(29,30)25-19-11-14(23)3-9-18(19)24-22(25)13-33-16-6-4-15(5-7-16)26(27)28/h3-12H,13H2,1-2H3. The number of methoxy groups -OCH3 is 2. The number of imidazole rings is 1. The molecule has 0 aliphatic carbocycles. The molecule has 0 radical (unpaired) electrons. The fourth-order valence-electron chi connectivity index (χ4n) is 3.33. The molecule has 0 bridgehead atoms. The van der Waals surface area contributed by atoms with Crippen LogP contribution in [0.3, 0.4) is 0 Å². The molecule has 3 aromatic carbocycles. The van der Waals surface area contributed by atoms with Gasteiger partial charge in [0, 0.05) is 22.7 Å². The van der Waals surface area contributed by atoms with Gasteiger partial charge in [-0.3, -0.25) is 10.1 Å². The van der Waals surface area contributed by atoms with E-state index in [4.69, 9.17) is 14.2 Å². The third-order valence-electron chi connectivity index (χ3n) is 4.94. The van der Waals surface area contributed by atoms with Crippen LogP contribution in [0, 0.1) is 10.1 Å². The number of aromatic nitrogens is 2. The molecule has 0 amide bonds. The Kier molecular flexibility index (Phi) is 6.44.